The summed E-state index contributed by atoms with van der Waals surface area (Å²) in [6, 6.07) is 16.2. The highest BCUT2D eigenvalue weighted by atomic mass is 28.4. The molecule has 9 heteroatoms. The second kappa shape index (κ2) is 12.0. The first-order valence-electron chi connectivity index (χ1n) is 11.5. The summed E-state index contributed by atoms with van der Waals surface area (Å²) in [5.41, 5.74) is 14.2. The predicted octanol–water partition coefficient (Wildman–Crippen LogP) is 5.42. The van der Waals surface area contributed by atoms with Crippen molar-refractivity contribution in [3.8, 4) is 0 Å². The van der Waals surface area contributed by atoms with Crippen molar-refractivity contribution in [1.82, 2.24) is 0 Å². The molecule has 0 fully saturated rings. The molecule has 2 aromatic rings. The van der Waals surface area contributed by atoms with Crippen LogP contribution in [-0.4, -0.2) is 28.4 Å². The Morgan fingerprint density at radius 2 is 1.03 bits per heavy atom. The minimum Gasteiger partial charge on any atom is -0.455 e. The van der Waals surface area contributed by atoms with Crippen LogP contribution in [0.2, 0.25) is 38.3 Å². The van der Waals surface area contributed by atoms with Crippen LogP contribution in [0.1, 0.15) is 25.7 Å². The van der Waals surface area contributed by atoms with E-state index in [2.05, 4.69) is 36.8 Å². The molecule has 7 nitrogen and oxygen atoms in total. The topological polar surface area (TPSA) is 119 Å². The molecule has 0 heterocycles. The van der Waals surface area contributed by atoms with Crippen molar-refractivity contribution in [1.29, 1.82) is 0 Å². The van der Waals surface area contributed by atoms with Gasteiger partial charge in [-0.3, -0.25) is 9.59 Å². The summed E-state index contributed by atoms with van der Waals surface area (Å²) in [6.07, 6.45) is 2.54. The number of anilines is 4. The van der Waals surface area contributed by atoms with Crippen molar-refractivity contribution in [3.05, 3.63) is 48.5 Å². The van der Waals surface area contributed by atoms with Crippen molar-refractivity contribution in [3.63, 3.8) is 0 Å². The number of rotatable bonds is 12. The second-order valence-corrected chi connectivity index (χ2v) is 18.5. The van der Waals surface area contributed by atoms with Gasteiger partial charge in [0.25, 0.3) is 0 Å². The van der Waals surface area contributed by atoms with E-state index in [1.165, 1.54) is 0 Å². The Hall–Kier alpha value is -2.63. The van der Waals surface area contributed by atoms with Crippen LogP contribution in [0.15, 0.2) is 48.5 Å². The first kappa shape index (κ1) is 26.6. The Morgan fingerprint density at radius 3 is 1.36 bits per heavy atom. The maximum atomic E-state index is 12.2. The fourth-order valence-corrected chi connectivity index (χ4v) is 12.6. The zero-order valence-corrected chi connectivity index (χ0v) is 22.2. The van der Waals surface area contributed by atoms with E-state index in [0.717, 1.165) is 36.3 Å². The minimum absolute atomic E-state index is 0.00758. The van der Waals surface area contributed by atoms with Crippen LogP contribution in [0.25, 0.3) is 0 Å². The molecule has 6 N–H and O–H groups in total. The highest BCUT2D eigenvalue weighted by Gasteiger charge is 2.32. The number of hydrogen-bond acceptors (Lipinski definition) is 5. The van der Waals surface area contributed by atoms with Crippen LogP contribution in [0.5, 0.6) is 0 Å². The van der Waals surface area contributed by atoms with Crippen molar-refractivity contribution >= 4 is 51.2 Å². The summed E-state index contributed by atoms with van der Waals surface area (Å²) in [5, 5.41) is 5.81. The fraction of sp³-hybridized carbons (Fsp3) is 0.417. The van der Waals surface area contributed by atoms with E-state index in [9.17, 15) is 9.59 Å². The van der Waals surface area contributed by atoms with E-state index >= 15 is 0 Å². The molecule has 0 radical (unpaired) electrons. The summed E-state index contributed by atoms with van der Waals surface area (Å²) in [4.78, 5) is 24.4. The number of nitrogens with two attached hydrogens (primary N) is 2. The molecule has 2 aromatic carbocycles. The summed E-state index contributed by atoms with van der Waals surface area (Å²) >= 11 is 0. The van der Waals surface area contributed by atoms with Gasteiger partial charge < -0.3 is 26.2 Å². The maximum absolute atomic E-state index is 12.2. The van der Waals surface area contributed by atoms with Gasteiger partial charge in [0, 0.05) is 35.6 Å². The fourth-order valence-electron chi connectivity index (χ4n) is 3.78. The van der Waals surface area contributed by atoms with Crippen LogP contribution >= 0.6 is 0 Å². The molecule has 0 aliphatic rings. The summed E-state index contributed by atoms with van der Waals surface area (Å²) in [7, 11) is -3.79. The molecule has 0 aromatic heterocycles. The van der Waals surface area contributed by atoms with Crippen LogP contribution in [0.4, 0.5) is 22.7 Å². The number of nitrogens with one attached hydrogen (secondary N) is 2. The van der Waals surface area contributed by atoms with Gasteiger partial charge in [0.15, 0.2) is 16.6 Å². The maximum Gasteiger partial charge on any atom is 0.224 e. The van der Waals surface area contributed by atoms with Crippen LogP contribution in [-0.2, 0) is 13.7 Å². The lowest BCUT2D eigenvalue weighted by Crippen LogP contribution is -2.44. The lowest BCUT2D eigenvalue weighted by Gasteiger charge is -2.34. The summed E-state index contributed by atoms with van der Waals surface area (Å²) < 4.78 is 6.64. The molecule has 0 spiro atoms. The Morgan fingerprint density at radius 1 is 0.697 bits per heavy atom. The van der Waals surface area contributed by atoms with E-state index in [1.54, 1.807) is 48.5 Å². The minimum atomic E-state index is -1.90. The van der Waals surface area contributed by atoms with Crippen molar-refractivity contribution < 1.29 is 13.7 Å². The van der Waals surface area contributed by atoms with Gasteiger partial charge >= 0.3 is 0 Å². The van der Waals surface area contributed by atoms with E-state index in [-0.39, 0.29) is 11.8 Å². The average Bonchev–Trinajstić information content (AvgIpc) is 2.70. The lowest BCUT2D eigenvalue weighted by atomic mass is 10.2. The Labute approximate surface area is 199 Å². The van der Waals surface area contributed by atoms with Gasteiger partial charge in [-0.1, -0.05) is 0 Å². The first-order chi connectivity index (χ1) is 15.4. The third-order valence-electron chi connectivity index (χ3n) is 5.31. The molecule has 0 bridgehead atoms. The normalized spacial score (nSPS) is 11.8. The quantitative estimate of drug-likeness (QED) is 0.236. The highest BCUT2D eigenvalue weighted by Crippen LogP contribution is 2.25. The zero-order valence-electron chi connectivity index (χ0n) is 20.2. The number of carbonyl (C=O) groups excluding carboxylic acids is 2. The molecule has 33 heavy (non-hydrogen) atoms. The third kappa shape index (κ3) is 10.7. The number of carbonyl (C=O) groups is 2. The van der Waals surface area contributed by atoms with Crippen LogP contribution in [0, 0.1) is 0 Å². The van der Waals surface area contributed by atoms with Crippen molar-refractivity contribution in [2.45, 2.75) is 64.0 Å². The molecule has 2 amide bonds. The molecular weight excluding hydrogens is 448 g/mol. The smallest absolute Gasteiger partial charge is 0.224 e. The SMILES string of the molecule is C[Si](C)(CCCC(=O)Nc1ccc(N)cc1)O[Si](C)(C)CCCC(=O)Nc1ccc(N)cc1. The third-order valence-corrected chi connectivity index (χ3v) is 12.8. The van der Waals surface area contributed by atoms with Crippen molar-refractivity contribution in [2.75, 3.05) is 22.1 Å². The van der Waals surface area contributed by atoms with Gasteiger partial charge in [-0.25, -0.2) is 0 Å². The zero-order chi connectivity index (χ0) is 24.5. The lowest BCUT2D eigenvalue weighted by molar-refractivity contribution is -0.117. The number of nitrogen functional groups attached to an aromatic ring is 2. The summed E-state index contributed by atoms with van der Waals surface area (Å²) in [6.45, 7) is 8.86. The monoisotopic (exact) mass is 486 g/mol. The molecule has 0 unspecified atom stereocenters. The van der Waals surface area contributed by atoms with E-state index in [1.807, 2.05) is 0 Å². The number of benzene rings is 2. The highest BCUT2D eigenvalue weighted by molar-refractivity contribution is 6.84. The molecule has 180 valence electrons. The second-order valence-electron chi connectivity index (χ2n) is 9.67. The predicted molar refractivity (Wildman–Crippen MR) is 143 cm³/mol. The Balaban J connectivity index is 1.68. The molecule has 0 aliphatic heterocycles. The van der Waals surface area contributed by atoms with Crippen LogP contribution in [0.3, 0.4) is 0 Å². The van der Waals surface area contributed by atoms with E-state index in [4.69, 9.17) is 15.6 Å². The molecule has 2 rings (SSSR count). The van der Waals surface area contributed by atoms with Gasteiger partial charge in [-0.05, 0) is 99.6 Å². The molecule has 0 atom stereocenters. The Kier molecular flexibility index (Phi) is 9.69. The van der Waals surface area contributed by atoms with E-state index in [0.29, 0.717) is 24.2 Å². The molecular formula is C24H38N4O3Si2. The van der Waals surface area contributed by atoms with Gasteiger partial charge in [-0.15, -0.1) is 0 Å². The number of amides is 2. The molecule has 0 aliphatic carbocycles. The van der Waals surface area contributed by atoms with Crippen molar-refractivity contribution in [2.24, 2.45) is 0 Å². The first-order valence-corrected chi connectivity index (χ1v) is 17.7. The molecule has 0 saturated carbocycles. The van der Waals surface area contributed by atoms with E-state index < -0.39 is 16.6 Å². The standard InChI is InChI=1S/C24H38N4O3Si2/c1-32(2,17-5-7-23(29)27-21-13-9-19(25)10-14-21)31-33(3,4)18-6-8-24(30)28-22-15-11-20(26)12-16-22/h9-16H,5-8,17-18,25-26H2,1-4H3,(H,27,29)(H,28,30). The van der Waals surface area contributed by atoms with Gasteiger partial charge in [-0.2, -0.15) is 0 Å². The number of hydrogen-bond donors (Lipinski definition) is 4. The molecule has 0 saturated heterocycles. The van der Waals surface area contributed by atoms with Gasteiger partial charge in [0.1, 0.15) is 0 Å². The largest absolute Gasteiger partial charge is 0.455 e. The Bertz CT molecular complexity index is 841. The van der Waals surface area contributed by atoms with Gasteiger partial charge in [0.2, 0.25) is 11.8 Å². The van der Waals surface area contributed by atoms with Gasteiger partial charge in [0.05, 0.1) is 0 Å². The summed E-state index contributed by atoms with van der Waals surface area (Å²) in [5.74, 6) is 0.0152. The van der Waals surface area contributed by atoms with Crippen LogP contribution < -0.4 is 22.1 Å². The average molecular weight is 487 g/mol.